The van der Waals surface area contributed by atoms with E-state index in [2.05, 4.69) is 25.7 Å². The van der Waals surface area contributed by atoms with Crippen LogP contribution >= 0.6 is 0 Å². The minimum absolute atomic E-state index is 0.0366. The van der Waals surface area contributed by atoms with Crippen LogP contribution in [0.3, 0.4) is 0 Å². The summed E-state index contributed by atoms with van der Waals surface area (Å²) in [4.78, 5) is 20.4. The van der Waals surface area contributed by atoms with E-state index in [0.717, 1.165) is 38.8 Å². The fourth-order valence-electron chi connectivity index (χ4n) is 3.38. The lowest BCUT2D eigenvalue weighted by molar-refractivity contribution is 0.100. The van der Waals surface area contributed by atoms with Crippen molar-refractivity contribution in [3.63, 3.8) is 0 Å². The minimum Gasteiger partial charge on any atom is -0.496 e. The van der Waals surface area contributed by atoms with E-state index in [9.17, 15) is 9.18 Å². The molecule has 10 nitrogen and oxygen atoms in total. The molecule has 34 heavy (non-hydrogen) atoms. The van der Waals surface area contributed by atoms with Crippen molar-refractivity contribution >= 4 is 23.4 Å². The van der Waals surface area contributed by atoms with E-state index in [0.29, 0.717) is 17.0 Å². The molecule has 3 aromatic rings. The molecule has 0 unspecified atom stereocenters. The molecule has 2 heterocycles. The predicted octanol–water partition coefficient (Wildman–Crippen LogP) is 3.48. The van der Waals surface area contributed by atoms with Crippen LogP contribution in [0.25, 0.3) is 0 Å². The van der Waals surface area contributed by atoms with E-state index in [-0.39, 0.29) is 23.9 Å². The molecule has 0 aliphatic carbocycles. The molecule has 0 spiro atoms. The van der Waals surface area contributed by atoms with E-state index >= 15 is 0 Å². The minimum atomic E-state index is -0.701. The van der Waals surface area contributed by atoms with Gasteiger partial charge in [-0.25, -0.2) is 9.37 Å². The Morgan fingerprint density at radius 2 is 2.00 bits per heavy atom. The quantitative estimate of drug-likeness (QED) is 0.305. The van der Waals surface area contributed by atoms with Gasteiger partial charge >= 0.3 is 0 Å². The molecule has 1 aromatic carbocycles. The lowest BCUT2D eigenvalue weighted by atomic mass is 10.2. The number of hydrogen-bond donors (Lipinski definition) is 3. The normalized spacial score (nSPS) is 10.8. The van der Waals surface area contributed by atoms with Crippen molar-refractivity contribution in [2.45, 2.75) is 38.8 Å². The summed E-state index contributed by atoms with van der Waals surface area (Å²) in [5, 5.41) is 10.4. The molecule has 0 bridgehead atoms. The Labute approximate surface area is 197 Å². The first-order valence-corrected chi connectivity index (χ1v) is 11.0. The lowest BCUT2D eigenvalue weighted by Crippen LogP contribution is -2.17. The zero-order chi connectivity index (χ0) is 24.3. The molecule has 4 N–H and O–H groups in total. The number of unbranched alkanes of at least 4 members (excludes halogenated alkanes) is 3. The molecule has 11 heteroatoms. The SMILES string of the molecule is COCCCCCCn1cc(Nc2ncc(C(N)=O)c(NCc3c(F)cccc3OC)n2)cn1. The third-order valence-corrected chi connectivity index (χ3v) is 5.16. The van der Waals surface area contributed by atoms with Crippen LogP contribution in [0, 0.1) is 5.82 Å². The summed E-state index contributed by atoms with van der Waals surface area (Å²) < 4.78 is 26.4. The molecule has 1 amide bonds. The third-order valence-electron chi connectivity index (χ3n) is 5.16. The smallest absolute Gasteiger partial charge is 0.254 e. The number of primary amides is 1. The van der Waals surface area contributed by atoms with Crippen molar-refractivity contribution < 1.29 is 18.7 Å². The molecule has 0 saturated heterocycles. The molecule has 3 rings (SSSR count). The highest BCUT2D eigenvalue weighted by Crippen LogP contribution is 2.24. The van der Waals surface area contributed by atoms with E-state index < -0.39 is 11.7 Å². The Bertz CT molecular complexity index is 1090. The van der Waals surface area contributed by atoms with Crippen LogP contribution < -0.4 is 21.1 Å². The Morgan fingerprint density at radius 1 is 1.18 bits per heavy atom. The summed E-state index contributed by atoms with van der Waals surface area (Å²) in [7, 11) is 3.17. The number of amides is 1. The number of anilines is 3. The van der Waals surface area contributed by atoms with Crippen molar-refractivity contribution in [1.82, 2.24) is 19.7 Å². The van der Waals surface area contributed by atoms with Crippen LogP contribution in [0.2, 0.25) is 0 Å². The average Bonchev–Trinajstić information content (AvgIpc) is 3.27. The fourth-order valence-corrected chi connectivity index (χ4v) is 3.38. The molecule has 0 atom stereocenters. The van der Waals surface area contributed by atoms with Gasteiger partial charge in [0.1, 0.15) is 17.4 Å². The molecule has 0 saturated carbocycles. The van der Waals surface area contributed by atoms with E-state index in [1.807, 2.05) is 10.9 Å². The van der Waals surface area contributed by atoms with Gasteiger partial charge in [-0.2, -0.15) is 10.1 Å². The maximum Gasteiger partial charge on any atom is 0.254 e. The first kappa shape index (κ1) is 24.9. The van der Waals surface area contributed by atoms with Crippen molar-refractivity contribution in [3.8, 4) is 5.75 Å². The Hall–Kier alpha value is -3.73. The summed E-state index contributed by atoms with van der Waals surface area (Å²) in [6, 6.07) is 4.54. The molecule has 182 valence electrons. The van der Waals surface area contributed by atoms with Gasteiger partial charge in [0.15, 0.2) is 0 Å². The average molecular weight is 472 g/mol. The number of hydrogen-bond acceptors (Lipinski definition) is 8. The van der Waals surface area contributed by atoms with Gasteiger partial charge in [0, 0.05) is 44.8 Å². The first-order valence-electron chi connectivity index (χ1n) is 11.0. The van der Waals surface area contributed by atoms with Gasteiger partial charge in [-0.1, -0.05) is 18.9 Å². The number of nitrogens with two attached hydrogens (primary N) is 1. The Balaban J connectivity index is 1.65. The van der Waals surface area contributed by atoms with Crippen molar-refractivity contribution in [2.75, 3.05) is 31.5 Å². The highest BCUT2D eigenvalue weighted by molar-refractivity contribution is 5.97. The highest BCUT2D eigenvalue weighted by atomic mass is 19.1. The standard InChI is InChI=1S/C23H30FN7O3/c1-33-11-6-4-3-5-10-31-15-16(12-28-31)29-23-27-14-18(21(25)32)22(30-23)26-13-17-19(24)8-7-9-20(17)34-2/h7-9,12,14-15H,3-6,10-11,13H2,1-2H3,(H2,25,32)(H2,26,27,29,30). The first-order chi connectivity index (χ1) is 16.5. The van der Waals surface area contributed by atoms with Gasteiger partial charge in [0.05, 0.1) is 24.6 Å². The molecule has 0 aliphatic rings. The number of methoxy groups -OCH3 is 2. The third kappa shape index (κ3) is 6.88. The van der Waals surface area contributed by atoms with E-state index in [1.54, 1.807) is 25.4 Å². The predicted molar refractivity (Wildman–Crippen MR) is 127 cm³/mol. The van der Waals surface area contributed by atoms with E-state index in [4.69, 9.17) is 15.2 Å². The highest BCUT2D eigenvalue weighted by Gasteiger charge is 2.15. The van der Waals surface area contributed by atoms with Crippen LogP contribution in [-0.4, -0.2) is 46.5 Å². The van der Waals surface area contributed by atoms with Crippen LogP contribution in [0.5, 0.6) is 5.75 Å². The number of nitrogens with one attached hydrogen (secondary N) is 2. The number of carbonyl (C=O) groups is 1. The summed E-state index contributed by atoms with van der Waals surface area (Å²) in [6.07, 6.45) is 9.15. The molecular weight excluding hydrogens is 441 g/mol. The van der Waals surface area contributed by atoms with Crippen LogP contribution in [0.15, 0.2) is 36.8 Å². The monoisotopic (exact) mass is 471 g/mol. The molecule has 0 fully saturated rings. The fraction of sp³-hybridized carbons (Fsp3) is 0.391. The van der Waals surface area contributed by atoms with Gasteiger partial charge in [0.25, 0.3) is 5.91 Å². The Kier molecular flexibility index (Phi) is 9.15. The zero-order valence-electron chi connectivity index (χ0n) is 19.4. The summed E-state index contributed by atoms with van der Waals surface area (Å²) >= 11 is 0. The summed E-state index contributed by atoms with van der Waals surface area (Å²) in [6.45, 7) is 1.62. The van der Waals surface area contributed by atoms with Crippen LogP contribution in [0.1, 0.15) is 41.6 Å². The van der Waals surface area contributed by atoms with Crippen molar-refractivity contribution in [1.29, 1.82) is 0 Å². The number of aryl methyl sites for hydroxylation is 1. The van der Waals surface area contributed by atoms with Gasteiger partial charge in [-0.05, 0) is 25.0 Å². The van der Waals surface area contributed by atoms with Crippen LogP contribution in [-0.2, 0) is 17.8 Å². The second-order valence-electron chi connectivity index (χ2n) is 7.62. The largest absolute Gasteiger partial charge is 0.496 e. The second-order valence-corrected chi connectivity index (χ2v) is 7.62. The van der Waals surface area contributed by atoms with Gasteiger partial charge in [-0.15, -0.1) is 0 Å². The Morgan fingerprint density at radius 3 is 2.76 bits per heavy atom. The number of halogens is 1. The van der Waals surface area contributed by atoms with Crippen molar-refractivity contribution in [2.24, 2.45) is 5.73 Å². The van der Waals surface area contributed by atoms with Gasteiger partial charge < -0.3 is 25.8 Å². The number of ether oxygens (including phenoxy) is 2. The maximum atomic E-state index is 14.3. The number of carbonyl (C=O) groups excluding carboxylic acids is 1. The van der Waals surface area contributed by atoms with E-state index in [1.165, 1.54) is 19.4 Å². The maximum absolute atomic E-state index is 14.3. The van der Waals surface area contributed by atoms with Crippen LogP contribution in [0.4, 0.5) is 21.8 Å². The van der Waals surface area contributed by atoms with Crippen molar-refractivity contribution in [3.05, 3.63) is 53.7 Å². The summed E-state index contributed by atoms with van der Waals surface area (Å²) in [5.41, 5.74) is 6.55. The number of benzene rings is 1. The molecular formula is C23H30FN7O3. The molecule has 0 aliphatic heterocycles. The lowest BCUT2D eigenvalue weighted by Gasteiger charge is -2.13. The summed E-state index contributed by atoms with van der Waals surface area (Å²) in [5.74, 6) is -0.337. The molecule has 2 aromatic heterocycles. The number of rotatable bonds is 14. The topological polar surface area (TPSA) is 129 Å². The molecule has 0 radical (unpaired) electrons. The second kappa shape index (κ2) is 12.5. The number of nitrogens with zero attached hydrogens (tertiary/aromatic N) is 4. The number of aromatic nitrogens is 4. The zero-order valence-corrected chi connectivity index (χ0v) is 19.4. The van der Waals surface area contributed by atoms with Gasteiger partial charge in [0.2, 0.25) is 5.95 Å². The van der Waals surface area contributed by atoms with Gasteiger partial charge in [-0.3, -0.25) is 9.48 Å².